The van der Waals surface area contributed by atoms with Crippen molar-refractivity contribution in [2.45, 2.75) is 25.2 Å². The molecule has 7 nitrogen and oxygen atoms in total. The number of piperazine rings is 1. The summed E-state index contributed by atoms with van der Waals surface area (Å²) >= 11 is 0. The molecule has 0 radical (unpaired) electrons. The van der Waals surface area contributed by atoms with Crippen LogP contribution < -0.4 is 20.3 Å². The zero-order valence-corrected chi connectivity index (χ0v) is 17.7. The van der Waals surface area contributed by atoms with Crippen molar-refractivity contribution in [2.24, 2.45) is 0 Å². The Hall–Kier alpha value is -2.58. The van der Waals surface area contributed by atoms with Crippen molar-refractivity contribution in [3.05, 3.63) is 53.6 Å². The second-order valence-corrected chi connectivity index (χ2v) is 8.61. The van der Waals surface area contributed by atoms with E-state index in [0.717, 1.165) is 43.9 Å². The van der Waals surface area contributed by atoms with Crippen LogP contribution in [0.3, 0.4) is 0 Å². The summed E-state index contributed by atoms with van der Waals surface area (Å²) in [4.78, 5) is 14.6. The first-order valence-electron chi connectivity index (χ1n) is 9.94. The normalized spacial score (nSPS) is 14.5. The maximum atomic E-state index is 13.0. The minimum atomic E-state index is -3.78. The van der Waals surface area contributed by atoms with E-state index in [1.807, 2.05) is 32.0 Å². The van der Waals surface area contributed by atoms with Gasteiger partial charge in [-0.25, -0.2) is 8.42 Å². The van der Waals surface area contributed by atoms with Crippen molar-refractivity contribution >= 4 is 27.3 Å². The molecule has 2 aromatic carbocycles. The first-order valence-corrected chi connectivity index (χ1v) is 11.4. The predicted octanol–water partition coefficient (Wildman–Crippen LogP) is 2.21. The average Bonchev–Trinajstić information content (AvgIpc) is 2.74. The summed E-state index contributed by atoms with van der Waals surface area (Å²) in [6, 6.07) is 12.0. The van der Waals surface area contributed by atoms with Crippen molar-refractivity contribution in [1.82, 2.24) is 10.6 Å². The molecule has 8 heteroatoms. The van der Waals surface area contributed by atoms with E-state index in [9.17, 15) is 13.2 Å². The number of carbonyl (C=O) groups excluding carboxylic acids is 1. The van der Waals surface area contributed by atoms with Gasteiger partial charge in [0.25, 0.3) is 15.9 Å². The number of anilines is 2. The standard InChI is InChI=1S/C21H28N4O3S/c1-3-16-5-8-18(9-6-16)29(27,28)24-19-15-17(21(26)23-4-2)7-10-20(19)25-13-11-22-12-14-25/h5-10,15,22,24H,3-4,11-14H2,1-2H3,(H,23,26). The molecule has 0 spiro atoms. The van der Waals surface area contributed by atoms with E-state index in [2.05, 4.69) is 20.3 Å². The van der Waals surface area contributed by atoms with Gasteiger partial charge in [0.15, 0.2) is 0 Å². The summed E-state index contributed by atoms with van der Waals surface area (Å²) in [6.45, 7) is 7.54. The quantitative estimate of drug-likeness (QED) is 0.644. The van der Waals surface area contributed by atoms with Gasteiger partial charge in [-0.15, -0.1) is 0 Å². The third-order valence-corrected chi connectivity index (χ3v) is 6.32. The third-order valence-electron chi connectivity index (χ3n) is 4.94. The molecule has 156 valence electrons. The van der Waals surface area contributed by atoms with Crippen LogP contribution in [0.5, 0.6) is 0 Å². The molecule has 1 aliphatic heterocycles. The highest BCUT2D eigenvalue weighted by molar-refractivity contribution is 7.92. The lowest BCUT2D eigenvalue weighted by Gasteiger charge is -2.31. The molecular formula is C21H28N4O3S. The zero-order chi connectivity index (χ0) is 20.9. The van der Waals surface area contributed by atoms with Crippen molar-refractivity contribution in [2.75, 3.05) is 42.3 Å². The number of amides is 1. The molecule has 0 aliphatic carbocycles. The Bertz CT molecular complexity index is 952. The monoisotopic (exact) mass is 416 g/mol. The van der Waals surface area contributed by atoms with Crippen LogP contribution in [-0.2, 0) is 16.4 Å². The van der Waals surface area contributed by atoms with E-state index in [4.69, 9.17) is 0 Å². The Morgan fingerprint density at radius 1 is 1.07 bits per heavy atom. The van der Waals surface area contributed by atoms with Crippen LogP contribution in [0.1, 0.15) is 29.8 Å². The first-order chi connectivity index (χ1) is 13.9. The van der Waals surface area contributed by atoms with Gasteiger partial charge in [-0.3, -0.25) is 9.52 Å². The Kier molecular flexibility index (Phi) is 6.76. The average molecular weight is 417 g/mol. The third kappa shape index (κ3) is 5.07. The van der Waals surface area contributed by atoms with Crippen molar-refractivity contribution in [1.29, 1.82) is 0 Å². The van der Waals surface area contributed by atoms with E-state index in [0.29, 0.717) is 17.8 Å². The van der Waals surface area contributed by atoms with Gasteiger partial charge in [-0.05, 0) is 49.2 Å². The second-order valence-electron chi connectivity index (χ2n) is 6.93. The number of aryl methyl sites for hydroxylation is 1. The molecule has 1 aliphatic rings. The minimum Gasteiger partial charge on any atom is -0.367 e. The van der Waals surface area contributed by atoms with Gasteiger partial charge in [0.1, 0.15) is 0 Å². The van der Waals surface area contributed by atoms with E-state index in [1.165, 1.54) is 0 Å². The summed E-state index contributed by atoms with van der Waals surface area (Å²) in [5.41, 5.74) is 2.68. The summed E-state index contributed by atoms with van der Waals surface area (Å²) in [7, 11) is -3.78. The molecule has 0 aromatic heterocycles. The van der Waals surface area contributed by atoms with Crippen LogP contribution in [0, 0.1) is 0 Å². The number of hydrogen-bond donors (Lipinski definition) is 3. The fraction of sp³-hybridized carbons (Fsp3) is 0.381. The second kappa shape index (κ2) is 9.28. The molecule has 1 fully saturated rings. The molecule has 3 N–H and O–H groups in total. The molecular weight excluding hydrogens is 388 g/mol. The summed E-state index contributed by atoms with van der Waals surface area (Å²) in [5, 5.41) is 6.05. The number of carbonyl (C=O) groups is 1. The van der Waals surface area contributed by atoms with Gasteiger partial charge in [0.2, 0.25) is 0 Å². The van der Waals surface area contributed by atoms with Crippen molar-refractivity contribution in [3.8, 4) is 0 Å². The Balaban J connectivity index is 1.96. The Morgan fingerprint density at radius 2 is 1.76 bits per heavy atom. The fourth-order valence-electron chi connectivity index (χ4n) is 3.31. The summed E-state index contributed by atoms with van der Waals surface area (Å²) in [6.07, 6.45) is 0.843. The summed E-state index contributed by atoms with van der Waals surface area (Å²) < 4.78 is 28.7. The zero-order valence-electron chi connectivity index (χ0n) is 16.9. The number of nitrogens with zero attached hydrogens (tertiary/aromatic N) is 1. The first kappa shape index (κ1) is 21.1. The molecule has 0 atom stereocenters. The van der Waals surface area contributed by atoms with Crippen LogP contribution in [0.4, 0.5) is 11.4 Å². The highest BCUT2D eigenvalue weighted by Crippen LogP contribution is 2.30. The maximum Gasteiger partial charge on any atom is 0.261 e. The largest absolute Gasteiger partial charge is 0.367 e. The van der Waals surface area contributed by atoms with E-state index in [-0.39, 0.29) is 10.8 Å². The predicted molar refractivity (Wildman–Crippen MR) is 116 cm³/mol. The van der Waals surface area contributed by atoms with E-state index in [1.54, 1.807) is 24.3 Å². The number of sulfonamides is 1. The van der Waals surface area contributed by atoms with Gasteiger partial charge >= 0.3 is 0 Å². The van der Waals surface area contributed by atoms with Crippen molar-refractivity contribution < 1.29 is 13.2 Å². The lowest BCUT2D eigenvalue weighted by Crippen LogP contribution is -2.43. The lowest BCUT2D eigenvalue weighted by molar-refractivity contribution is 0.0956. The van der Waals surface area contributed by atoms with Crippen LogP contribution in [0.2, 0.25) is 0 Å². The smallest absolute Gasteiger partial charge is 0.261 e. The molecule has 1 saturated heterocycles. The molecule has 0 unspecified atom stereocenters. The molecule has 0 saturated carbocycles. The molecule has 29 heavy (non-hydrogen) atoms. The topological polar surface area (TPSA) is 90.5 Å². The van der Waals surface area contributed by atoms with Crippen LogP contribution in [0.15, 0.2) is 47.4 Å². The SMILES string of the molecule is CCNC(=O)c1ccc(N2CCNCC2)c(NS(=O)(=O)c2ccc(CC)cc2)c1. The Labute approximate surface area is 172 Å². The summed E-state index contributed by atoms with van der Waals surface area (Å²) in [5.74, 6) is -0.230. The molecule has 3 rings (SSSR count). The Morgan fingerprint density at radius 3 is 2.38 bits per heavy atom. The van der Waals surface area contributed by atoms with Gasteiger partial charge in [-0.1, -0.05) is 19.1 Å². The van der Waals surface area contributed by atoms with Gasteiger partial charge < -0.3 is 15.5 Å². The van der Waals surface area contributed by atoms with E-state index < -0.39 is 10.0 Å². The van der Waals surface area contributed by atoms with Crippen LogP contribution >= 0.6 is 0 Å². The lowest BCUT2D eigenvalue weighted by atomic mass is 10.1. The van der Waals surface area contributed by atoms with Gasteiger partial charge in [-0.2, -0.15) is 0 Å². The highest BCUT2D eigenvalue weighted by atomic mass is 32.2. The number of hydrogen-bond acceptors (Lipinski definition) is 5. The minimum absolute atomic E-state index is 0.198. The number of benzene rings is 2. The molecule has 2 aromatic rings. The van der Waals surface area contributed by atoms with E-state index >= 15 is 0 Å². The van der Waals surface area contributed by atoms with Crippen LogP contribution in [-0.4, -0.2) is 47.0 Å². The number of nitrogens with one attached hydrogen (secondary N) is 3. The molecule has 0 bridgehead atoms. The number of rotatable bonds is 7. The van der Waals surface area contributed by atoms with Gasteiger partial charge in [0, 0.05) is 38.3 Å². The van der Waals surface area contributed by atoms with Gasteiger partial charge in [0.05, 0.1) is 16.3 Å². The maximum absolute atomic E-state index is 13.0. The highest BCUT2D eigenvalue weighted by Gasteiger charge is 2.21. The molecule has 1 heterocycles. The van der Waals surface area contributed by atoms with Crippen LogP contribution in [0.25, 0.3) is 0 Å². The van der Waals surface area contributed by atoms with Crippen molar-refractivity contribution in [3.63, 3.8) is 0 Å². The molecule has 1 amide bonds. The fourth-order valence-corrected chi connectivity index (χ4v) is 4.38.